The molecule has 3 nitrogen and oxygen atoms in total. The molecule has 0 aromatic heterocycles. The van der Waals surface area contributed by atoms with Gasteiger partial charge >= 0.3 is 6.03 Å². The Hall–Kier alpha value is -1.58. The van der Waals surface area contributed by atoms with Crippen molar-refractivity contribution in [3.05, 3.63) is 36.6 Å². The number of halogens is 1. The van der Waals surface area contributed by atoms with Crippen LogP contribution >= 0.6 is 0 Å². The summed E-state index contributed by atoms with van der Waals surface area (Å²) in [4.78, 5) is 10.7. The fourth-order valence-electron chi connectivity index (χ4n) is 0.882. The minimum Gasteiger partial charge on any atom is -0.306 e. The number of hydrogen-bond acceptors (Lipinski definition) is 1. The average Bonchev–Trinajstić information content (AvgIpc) is 2.31. The van der Waals surface area contributed by atoms with Gasteiger partial charge in [0, 0.05) is 5.70 Å². The van der Waals surface area contributed by atoms with Gasteiger partial charge in [-0.25, -0.2) is 4.79 Å². The molecule has 0 aliphatic carbocycles. The van der Waals surface area contributed by atoms with Crippen molar-refractivity contribution in [2.24, 2.45) is 0 Å². The SMILES string of the molecule is C=C/C=C1/CN(F)C(=O)NC1=C.CC.CC. The molecule has 1 aliphatic heterocycles. The van der Waals surface area contributed by atoms with Crippen LogP contribution < -0.4 is 5.32 Å². The van der Waals surface area contributed by atoms with Crippen molar-refractivity contribution in [1.82, 2.24) is 10.4 Å². The van der Waals surface area contributed by atoms with Crippen molar-refractivity contribution in [1.29, 1.82) is 0 Å². The van der Waals surface area contributed by atoms with E-state index in [1.807, 2.05) is 27.7 Å². The van der Waals surface area contributed by atoms with Crippen LogP contribution in [0.3, 0.4) is 0 Å². The topological polar surface area (TPSA) is 32.3 Å². The Balaban J connectivity index is 0. The van der Waals surface area contributed by atoms with Crippen molar-refractivity contribution >= 4 is 6.03 Å². The molecule has 0 aromatic carbocycles. The van der Waals surface area contributed by atoms with Crippen LogP contribution in [0.15, 0.2) is 36.6 Å². The second-order valence-electron chi connectivity index (χ2n) is 2.36. The molecule has 1 N–H and O–H groups in total. The number of rotatable bonds is 1. The lowest BCUT2D eigenvalue weighted by atomic mass is 10.1. The monoisotopic (exact) mass is 228 g/mol. The number of nitrogens with one attached hydrogen (secondary N) is 1. The summed E-state index contributed by atoms with van der Waals surface area (Å²) >= 11 is 0. The van der Waals surface area contributed by atoms with Gasteiger partial charge in [-0.15, -0.1) is 0 Å². The van der Waals surface area contributed by atoms with E-state index in [0.717, 1.165) is 0 Å². The number of urea groups is 1. The van der Waals surface area contributed by atoms with Gasteiger partial charge in [0.05, 0.1) is 6.54 Å². The Morgan fingerprint density at radius 3 is 2.31 bits per heavy atom. The van der Waals surface area contributed by atoms with E-state index in [9.17, 15) is 9.28 Å². The normalized spacial score (nSPS) is 16.6. The number of amides is 2. The molecule has 0 saturated carbocycles. The van der Waals surface area contributed by atoms with Crippen molar-refractivity contribution in [2.75, 3.05) is 6.54 Å². The van der Waals surface area contributed by atoms with Gasteiger partial charge in [0.15, 0.2) is 0 Å². The second kappa shape index (κ2) is 9.96. The molecular formula is C12H21FN2O. The fourth-order valence-corrected chi connectivity index (χ4v) is 0.882. The molecule has 1 rings (SSSR count). The standard InChI is InChI=1S/C8H9FN2O.2C2H6/c1-3-4-7-5-11(9)8(12)10-6(7)2;2*1-2/h3-4H,1-2,5H2,(H,10,12);2*1-2H3/b7-4-;;. The summed E-state index contributed by atoms with van der Waals surface area (Å²) in [6.45, 7) is 14.9. The molecule has 1 fully saturated rings. The first-order valence-corrected chi connectivity index (χ1v) is 5.40. The molecule has 2 amide bonds. The zero-order valence-corrected chi connectivity index (χ0v) is 10.5. The van der Waals surface area contributed by atoms with Gasteiger partial charge in [-0.1, -0.05) is 57.5 Å². The van der Waals surface area contributed by atoms with Crippen molar-refractivity contribution in [3.63, 3.8) is 0 Å². The smallest absolute Gasteiger partial charge is 0.306 e. The second-order valence-corrected chi connectivity index (χ2v) is 2.36. The first-order valence-electron chi connectivity index (χ1n) is 5.40. The molecule has 1 saturated heterocycles. The minimum atomic E-state index is -0.777. The first-order chi connectivity index (χ1) is 7.65. The largest absolute Gasteiger partial charge is 0.350 e. The maximum absolute atomic E-state index is 12.6. The van der Waals surface area contributed by atoms with E-state index < -0.39 is 6.03 Å². The highest BCUT2D eigenvalue weighted by Gasteiger charge is 2.22. The van der Waals surface area contributed by atoms with Crippen LogP contribution in [-0.4, -0.2) is 17.7 Å². The molecule has 1 heterocycles. The number of allylic oxidation sites excluding steroid dienone is 2. The first kappa shape index (κ1) is 16.8. The zero-order valence-electron chi connectivity index (χ0n) is 10.5. The van der Waals surface area contributed by atoms with Crippen LogP contribution in [0.1, 0.15) is 27.7 Å². The summed E-state index contributed by atoms with van der Waals surface area (Å²) in [6, 6.07) is -0.777. The van der Waals surface area contributed by atoms with Gasteiger partial charge in [-0.2, -0.15) is 5.12 Å². The van der Waals surface area contributed by atoms with Gasteiger partial charge in [-0.05, 0) is 5.57 Å². The van der Waals surface area contributed by atoms with E-state index in [4.69, 9.17) is 0 Å². The maximum atomic E-state index is 12.6. The van der Waals surface area contributed by atoms with E-state index in [2.05, 4.69) is 18.5 Å². The third kappa shape index (κ3) is 5.34. The molecule has 4 heteroatoms. The molecular weight excluding hydrogens is 207 g/mol. The Morgan fingerprint density at radius 1 is 1.38 bits per heavy atom. The van der Waals surface area contributed by atoms with Crippen LogP contribution in [0.2, 0.25) is 0 Å². The lowest BCUT2D eigenvalue weighted by Gasteiger charge is -2.22. The number of hydrogen-bond donors (Lipinski definition) is 1. The Kier molecular flexibility index (Phi) is 10.5. The Bertz CT molecular complexity index is 272. The van der Waals surface area contributed by atoms with Crippen LogP contribution in [0.5, 0.6) is 0 Å². The minimum absolute atomic E-state index is 0.0727. The lowest BCUT2D eigenvalue weighted by Crippen LogP contribution is -2.41. The summed E-state index contributed by atoms with van der Waals surface area (Å²) in [6.07, 6.45) is 3.13. The highest BCUT2D eigenvalue weighted by Crippen LogP contribution is 2.13. The summed E-state index contributed by atoms with van der Waals surface area (Å²) in [5.74, 6) is 0. The summed E-state index contributed by atoms with van der Waals surface area (Å²) < 4.78 is 12.6. The van der Waals surface area contributed by atoms with Crippen LogP contribution in [0, 0.1) is 0 Å². The van der Waals surface area contributed by atoms with Crippen molar-refractivity contribution in [3.8, 4) is 0 Å². The molecule has 92 valence electrons. The fraction of sp³-hybridized carbons (Fsp3) is 0.417. The van der Waals surface area contributed by atoms with E-state index in [0.29, 0.717) is 11.3 Å². The third-order valence-corrected chi connectivity index (χ3v) is 1.49. The summed E-state index contributed by atoms with van der Waals surface area (Å²) in [5, 5.41) is 2.35. The van der Waals surface area contributed by atoms with Crippen molar-refractivity contribution < 1.29 is 9.28 Å². The van der Waals surface area contributed by atoms with E-state index >= 15 is 0 Å². The number of nitrogens with zero attached hydrogens (tertiary/aromatic N) is 1. The van der Waals surface area contributed by atoms with Gasteiger partial charge in [-0.3, -0.25) is 0 Å². The van der Waals surface area contributed by atoms with E-state index in [1.54, 1.807) is 6.08 Å². The van der Waals surface area contributed by atoms with Gasteiger partial charge in [0.2, 0.25) is 0 Å². The molecule has 0 unspecified atom stereocenters. The molecule has 0 aromatic rings. The van der Waals surface area contributed by atoms with Gasteiger partial charge < -0.3 is 5.32 Å². The molecule has 16 heavy (non-hydrogen) atoms. The summed E-state index contributed by atoms with van der Waals surface area (Å²) in [7, 11) is 0. The average molecular weight is 228 g/mol. The van der Waals surface area contributed by atoms with Crippen molar-refractivity contribution in [2.45, 2.75) is 27.7 Å². The van der Waals surface area contributed by atoms with E-state index in [1.165, 1.54) is 6.08 Å². The molecule has 0 atom stereocenters. The lowest BCUT2D eigenvalue weighted by molar-refractivity contribution is 0.0719. The molecule has 0 bridgehead atoms. The molecule has 0 radical (unpaired) electrons. The van der Waals surface area contributed by atoms with Gasteiger partial charge in [0.25, 0.3) is 0 Å². The highest BCUT2D eigenvalue weighted by molar-refractivity contribution is 5.78. The quantitative estimate of drug-likeness (QED) is 0.684. The predicted octanol–water partition coefficient (Wildman–Crippen LogP) is 3.57. The van der Waals surface area contributed by atoms with E-state index in [-0.39, 0.29) is 11.7 Å². The van der Waals surface area contributed by atoms with Crippen LogP contribution in [0.25, 0.3) is 0 Å². The third-order valence-electron chi connectivity index (χ3n) is 1.49. The maximum Gasteiger partial charge on any atom is 0.350 e. The van der Waals surface area contributed by atoms with Gasteiger partial charge in [0.1, 0.15) is 0 Å². The Labute approximate surface area is 97.3 Å². The number of carbonyl (C=O) groups excluding carboxylic acids is 1. The molecule has 0 spiro atoms. The summed E-state index contributed by atoms with van der Waals surface area (Å²) in [5.41, 5.74) is 1.04. The number of carbonyl (C=O) groups is 1. The molecule has 1 aliphatic rings. The van der Waals surface area contributed by atoms with Crippen LogP contribution in [0.4, 0.5) is 9.28 Å². The predicted molar refractivity (Wildman–Crippen MR) is 66.5 cm³/mol. The highest BCUT2D eigenvalue weighted by atomic mass is 19.2. The Morgan fingerprint density at radius 2 is 1.88 bits per heavy atom. The van der Waals surface area contributed by atoms with Crippen LogP contribution in [-0.2, 0) is 0 Å². The zero-order chi connectivity index (χ0) is 13.1.